The number of hydrogen-bond donors (Lipinski definition) is 1. The van der Waals surface area contributed by atoms with Crippen molar-refractivity contribution in [3.8, 4) is 0 Å². The number of carbonyl (C=O) groups excluding carboxylic acids is 1. The lowest BCUT2D eigenvalue weighted by Crippen LogP contribution is -2.39. The van der Waals surface area contributed by atoms with E-state index in [-0.39, 0.29) is 11.5 Å². The van der Waals surface area contributed by atoms with Gasteiger partial charge < -0.3 is 15.0 Å². The SMILES string of the molecule is CC(C)CC[C@H](CC(=O)NCCN(C)C)[C@@H]1CCOC(C)(C)C1. The molecular formula is C19H38N2O2. The molecule has 1 amide bonds. The maximum absolute atomic E-state index is 12.3. The zero-order valence-corrected chi connectivity index (χ0v) is 16.2. The number of amides is 1. The van der Waals surface area contributed by atoms with E-state index >= 15 is 0 Å². The second kappa shape index (κ2) is 9.63. The maximum atomic E-state index is 12.3. The smallest absolute Gasteiger partial charge is 0.220 e. The van der Waals surface area contributed by atoms with Crippen LogP contribution < -0.4 is 5.32 Å². The fourth-order valence-corrected chi connectivity index (χ4v) is 3.46. The Morgan fingerprint density at radius 2 is 2.00 bits per heavy atom. The molecule has 1 aliphatic heterocycles. The predicted molar refractivity (Wildman–Crippen MR) is 96.5 cm³/mol. The Morgan fingerprint density at radius 1 is 1.30 bits per heavy atom. The molecule has 1 aliphatic rings. The van der Waals surface area contributed by atoms with Crippen molar-refractivity contribution in [2.75, 3.05) is 33.8 Å². The molecule has 0 aromatic rings. The molecular weight excluding hydrogens is 288 g/mol. The van der Waals surface area contributed by atoms with Crippen LogP contribution >= 0.6 is 0 Å². The van der Waals surface area contributed by atoms with E-state index in [1.165, 1.54) is 6.42 Å². The third-order valence-corrected chi connectivity index (χ3v) is 4.85. The first kappa shape index (κ1) is 20.4. The Hall–Kier alpha value is -0.610. The van der Waals surface area contributed by atoms with Crippen LogP contribution in [-0.2, 0) is 9.53 Å². The molecule has 0 spiro atoms. The third kappa shape index (κ3) is 8.71. The molecule has 0 saturated carbocycles. The van der Waals surface area contributed by atoms with Gasteiger partial charge in [0.25, 0.3) is 0 Å². The van der Waals surface area contributed by atoms with E-state index in [1.54, 1.807) is 0 Å². The van der Waals surface area contributed by atoms with E-state index in [0.717, 1.165) is 39.0 Å². The molecule has 1 heterocycles. The zero-order chi connectivity index (χ0) is 17.5. The lowest BCUT2D eigenvalue weighted by molar-refractivity contribution is -0.124. The number of rotatable bonds is 9. The van der Waals surface area contributed by atoms with Crippen LogP contribution in [0.1, 0.15) is 59.8 Å². The standard InChI is InChI=1S/C19H38N2O2/c1-15(2)7-8-16(13-18(22)20-10-11-21(5)6)17-9-12-23-19(3,4)14-17/h15-17H,7-14H2,1-6H3,(H,20,22)/t16-,17-/m1/s1. The Morgan fingerprint density at radius 3 is 2.57 bits per heavy atom. The molecule has 4 nitrogen and oxygen atoms in total. The Kier molecular flexibility index (Phi) is 8.56. The zero-order valence-electron chi connectivity index (χ0n) is 16.2. The molecule has 1 N–H and O–H groups in total. The molecule has 1 saturated heterocycles. The molecule has 23 heavy (non-hydrogen) atoms. The molecule has 0 aromatic carbocycles. The van der Waals surface area contributed by atoms with E-state index in [9.17, 15) is 4.79 Å². The summed E-state index contributed by atoms with van der Waals surface area (Å²) in [5.74, 6) is 2.00. The lowest BCUT2D eigenvalue weighted by atomic mass is 9.75. The van der Waals surface area contributed by atoms with Gasteiger partial charge in [0.2, 0.25) is 5.91 Å². The van der Waals surface area contributed by atoms with Crippen molar-refractivity contribution in [1.82, 2.24) is 10.2 Å². The van der Waals surface area contributed by atoms with Gasteiger partial charge >= 0.3 is 0 Å². The average molecular weight is 327 g/mol. The van der Waals surface area contributed by atoms with E-state index < -0.39 is 0 Å². The predicted octanol–water partition coefficient (Wildman–Crippen LogP) is 3.31. The van der Waals surface area contributed by atoms with E-state index in [2.05, 4.69) is 37.9 Å². The third-order valence-electron chi connectivity index (χ3n) is 4.85. The second-order valence-corrected chi connectivity index (χ2v) is 8.45. The quantitative estimate of drug-likeness (QED) is 0.707. The van der Waals surface area contributed by atoms with E-state index in [1.807, 2.05) is 14.1 Å². The minimum absolute atomic E-state index is 0.0413. The fraction of sp³-hybridized carbons (Fsp3) is 0.947. The molecule has 0 unspecified atom stereocenters. The normalized spacial score (nSPS) is 22.3. The highest BCUT2D eigenvalue weighted by Gasteiger charge is 2.34. The summed E-state index contributed by atoms with van der Waals surface area (Å²) in [6.45, 7) is 11.3. The largest absolute Gasteiger partial charge is 0.376 e. The summed E-state index contributed by atoms with van der Waals surface area (Å²) in [5, 5.41) is 3.08. The fourth-order valence-electron chi connectivity index (χ4n) is 3.46. The molecule has 4 heteroatoms. The number of nitrogens with zero attached hydrogens (tertiary/aromatic N) is 1. The van der Waals surface area contributed by atoms with Crippen LogP contribution in [0.3, 0.4) is 0 Å². The van der Waals surface area contributed by atoms with Crippen molar-refractivity contribution in [2.24, 2.45) is 17.8 Å². The van der Waals surface area contributed by atoms with Gasteiger partial charge in [-0.2, -0.15) is 0 Å². The molecule has 0 aromatic heterocycles. The van der Waals surface area contributed by atoms with Crippen molar-refractivity contribution < 1.29 is 9.53 Å². The van der Waals surface area contributed by atoms with Crippen molar-refractivity contribution in [3.05, 3.63) is 0 Å². The van der Waals surface area contributed by atoms with Gasteiger partial charge in [0, 0.05) is 26.1 Å². The summed E-state index contributed by atoms with van der Waals surface area (Å²) in [7, 11) is 4.06. The van der Waals surface area contributed by atoms with E-state index in [4.69, 9.17) is 4.74 Å². The first-order chi connectivity index (χ1) is 10.7. The minimum Gasteiger partial charge on any atom is -0.376 e. The van der Waals surface area contributed by atoms with Gasteiger partial charge in [-0.05, 0) is 65.0 Å². The van der Waals surface area contributed by atoms with Crippen LogP contribution in [0.15, 0.2) is 0 Å². The first-order valence-electron chi connectivity index (χ1n) is 9.25. The highest BCUT2D eigenvalue weighted by atomic mass is 16.5. The van der Waals surface area contributed by atoms with Gasteiger partial charge in [0.15, 0.2) is 0 Å². The monoisotopic (exact) mass is 326 g/mol. The molecule has 0 bridgehead atoms. The first-order valence-corrected chi connectivity index (χ1v) is 9.25. The highest BCUT2D eigenvalue weighted by Crippen LogP contribution is 2.37. The summed E-state index contributed by atoms with van der Waals surface area (Å²) in [6, 6.07) is 0. The van der Waals surface area contributed by atoms with Crippen LogP contribution in [0.5, 0.6) is 0 Å². The maximum Gasteiger partial charge on any atom is 0.220 e. The van der Waals surface area contributed by atoms with E-state index in [0.29, 0.717) is 24.2 Å². The van der Waals surface area contributed by atoms with Gasteiger partial charge in [-0.15, -0.1) is 0 Å². The summed E-state index contributed by atoms with van der Waals surface area (Å²) in [6.07, 6.45) is 5.19. The Bertz CT molecular complexity index is 353. The van der Waals surface area contributed by atoms with Crippen molar-refractivity contribution in [3.63, 3.8) is 0 Å². The molecule has 1 rings (SSSR count). The number of nitrogens with one attached hydrogen (secondary N) is 1. The summed E-state index contributed by atoms with van der Waals surface area (Å²) in [4.78, 5) is 14.4. The van der Waals surface area contributed by atoms with Gasteiger partial charge in [0.05, 0.1) is 5.60 Å². The van der Waals surface area contributed by atoms with Crippen molar-refractivity contribution in [1.29, 1.82) is 0 Å². The van der Waals surface area contributed by atoms with Crippen molar-refractivity contribution >= 4 is 5.91 Å². The molecule has 1 fully saturated rings. The van der Waals surface area contributed by atoms with Crippen LogP contribution in [0, 0.1) is 17.8 Å². The summed E-state index contributed by atoms with van der Waals surface area (Å²) in [5.41, 5.74) is -0.0413. The number of ether oxygens (including phenoxy) is 1. The number of hydrogen-bond acceptors (Lipinski definition) is 3. The lowest BCUT2D eigenvalue weighted by Gasteiger charge is -2.39. The average Bonchev–Trinajstić information content (AvgIpc) is 2.41. The van der Waals surface area contributed by atoms with Crippen LogP contribution in [0.25, 0.3) is 0 Å². The minimum atomic E-state index is -0.0413. The van der Waals surface area contributed by atoms with Crippen LogP contribution in [0.4, 0.5) is 0 Å². The molecule has 0 aliphatic carbocycles. The van der Waals surface area contributed by atoms with Gasteiger partial charge in [-0.3, -0.25) is 4.79 Å². The number of carbonyl (C=O) groups is 1. The second-order valence-electron chi connectivity index (χ2n) is 8.45. The summed E-state index contributed by atoms with van der Waals surface area (Å²) < 4.78 is 5.86. The van der Waals surface area contributed by atoms with Gasteiger partial charge in [-0.25, -0.2) is 0 Å². The van der Waals surface area contributed by atoms with Crippen molar-refractivity contribution in [2.45, 2.75) is 65.4 Å². The summed E-state index contributed by atoms with van der Waals surface area (Å²) >= 11 is 0. The molecule has 136 valence electrons. The Labute approximate surface area is 143 Å². The number of likely N-dealkylation sites (N-methyl/N-ethyl adjacent to an activating group) is 1. The van der Waals surface area contributed by atoms with Gasteiger partial charge in [0.1, 0.15) is 0 Å². The highest BCUT2D eigenvalue weighted by molar-refractivity contribution is 5.76. The topological polar surface area (TPSA) is 41.6 Å². The van der Waals surface area contributed by atoms with Crippen LogP contribution in [-0.4, -0.2) is 50.2 Å². The van der Waals surface area contributed by atoms with Crippen LogP contribution in [0.2, 0.25) is 0 Å². The molecule has 0 radical (unpaired) electrons. The Balaban J connectivity index is 2.55. The molecule has 2 atom stereocenters. The van der Waals surface area contributed by atoms with Gasteiger partial charge in [-0.1, -0.05) is 20.3 Å².